The SMILES string of the molecule is CCCC[NH2+]CC(=O)N1CCc2sccc2[C@H]1c1ccc(F)cc1. The summed E-state index contributed by atoms with van der Waals surface area (Å²) in [6.45, 7) is 4.36. The third-order valence-electron chi connectivity index (χ3n) is 4.55. The molecule has 3 rings (SSSR count). The molecule has 0 radical (unpaired) electrons. The van der Waals surface area contributed by atoms with Crippen LogP contribution in [-0.4, -0.2) is 30.4 Å². The molecule has 1 aromatic heterocycles. The van der Waals surface area contributed by atoms with Crippen LogP contribution < -0.4 is 5.32 Å². The van der Waals surface area contributed by atoms with Gasteiger partial charge in [0.2, 0.25) is 0 Å². The second kappa shape index (κ2) is 7.90. The van der Waals surface area contributed by atoms with Crippen molar-refractivity contribution >= 4 is 17.2 Å². The highest BCUT2D eigenvalue weighted by molar-refractivity contribution is 7.10. The molecular weight excluding hydrogens is 323 g/mol. The first-order chi connectivity index (χ1) is 11.7. The van der Waals surface area contributed by atoms with Crippen molar-refractivity contribution in [3.8, 4) is 0 Å². The number of thiophene rings is 1. The lowest BCUT2D eigenvalue weighted by molar-refractivity contribution is -0.644. The zero-order chi connectivity index (χ0) is 16.9. The van der Waals surface area contributed by atoms with Crippen LogP contribution in [0.5, 0.6) is 0 Å². The summed E-state index contributed by atoms with van der Waals surface area (Å²) in [6.07, 6.45) is 3.18. The number of carbonyl (C=O) groups excluding carboxylic acids is 1. The van der Waals surface area contributed by atoms with E-state index in [0.717, 1.165) is 37.9 Å². The van der Waals surface area contributed by atoms with Gasteiger partial charge in [-0.15, -0.1) is 11.3 Å². The van der Waals surface area contributed by atoms with Crippen molar-refractivity contribution in [1.29, 1.82) is 0 Å². The molecule has 5 heteroatoms. The third-order valence-corrected chi connectivity index (χ3v) is 5.55. The lowest BCUT2D eigenvalue weighted by atomic mass is 9.93. The van der Waals surface area contributed by atoms with Crippen LogP contribution >= 0.6 is 11.3 Å². The molecule has 0 bridgehead atoms. The summed E-state index contributed by atoms with van der Waals surface area (Å²) in [6, 6.07) is 8.57. The van der Waals surface area contributed by atoms with Gasteiger partial charge in [0.05, 0.1) is 12.6 Å². The number of unbranched alkanes of at least 4 members (excludes halogenated alkanes) is 1. The van der Waals surface area contributed by atoms with E-state index in [-0.39, 0.29) is 17.8 Å². The molecule has 1 aliphatic heterocycles. The number of hydrogen-bond acceptors (Lipinski definition) is 2. The molecule has 0 unspecified atom stereocenters. The van der Waals surface area contributed by atoms with E-state index >= 15 is 0 Å². The highest BCUT2D eigenvalue weighted by atomic mass is 32.1. The van der Waals surface area contributed by atoms with Crippen molar-refractivity contribution in [3.05, 3.63) is 57.5 Å². The predicted octanol–water partition coefficient (Wildman–Crippen LogP) is 2.72. The van der Waals surface area contributed by atoms with Gasteiger partial charge in [0, 0.05) is 11.4 Å². The lowest BCUT2D eigenvalue weighted by Crippen LogP contribution is -2.86. The Bertz CT molecular complexity index is 683. The Morgan fingerprint density at radius 1 is 1.33 bits per heavy atom. The number of nitrogens with two attached hydrogens (primary N) is 1. The standard InChI is InChI=1S/C19H23FN2OS/c1-2-3-10-21-13-18(23)22-11-8-17-16(9-12-24-17)19(22)14-4-6-15(20)7-5-14/h4-7,9,12,19,21H,2-3,8,10-11,13H2,1H3/p+1/t19-/m1/s1. The Kier molecular flexibility index (Phi) is 5.63. The van der Waals surface area contributed by atoms with Crippen LogP contribution in [0.1, 0.15) is 41.8 Å². The van der Waals surface area contributed by atoms with E-state index in [1.165, 1.54) is 22.6 Å². The van der Waals surface area contributed by atoms with Crippen molar-refractivity contribution in [1.82, 2.24) is 4.90 Å². The normalized spacial score (nSPS) is 16.9. The summed E-state index contributed by atoms with van der Waals surface area (Å²) >= 11 is 1.75. The van der Waals surface area contributed by atoms with E-state index in [1.54, 1.807) is 23.5 Å². The quantitative estimate of drug-likeness (QED) is 0.802. The first-order valence-electron chi connectivity index (χ1n) is 8.63. The lowest BCUT2D eigenvalue weighted by Gasteiger charge is -2.36. The van der Waals surface area contributed by atoms with Crippen LogP contribution in [0.2, 0.25) is 0 Å². The van der Waals surface area contributed by atoms with E-state index in [0.29, 0.717) is 6.54 Å². The Balaban J connectivity index is 1.82. The summed E-state index contributed by atoms with van der Waals surface area (Å²) in [5.41, 5.74) is 2.18. The number of carbonyl (C=O) groups is 1. The average Bonchev–Trinajstić information content (AvgIpc) is 3.07. The molecule has 1 amide bonds. The van der Waals surface area contributed by atoms with Gasteiger partial charge in [0.25, 0.3) is 5.91 Å². The fraction of sp³-hybridized carbons (Fsp3) is 0.421. The van der Waals surface area contributed by atoms with Gasteiger partial charge < -0.3 is 10.2 Å². The third kappa shape index (κ3) is 3.68. The number of fused-ring (bicyclic) bond motifs is 1. The number of halogens is 1. The second-order valence-corrected chi connectivity index (χ2v) is 7.23. The molecule has 0 saturated heterocycles. The maximum Gasteiger partial charge on any atom is 0.278 e. The van der Waals surface area contributed by atoms with Gasteiger partial charge in [-0.3, -0.25) is 4.79 Å². The maximum absolute atomic E-state index is 13.3. The highest BCUT2D eigenvalue weighted by Gasteiger charge is 2.33. The van der Waals surface area contributed by atoms with Gasteiger partial charge in [-0.25, -0.2) is 4.39 Å². The van der Waals surface area contributed by atoms with E-state index in [2.05, 4.69) is 23.7 Å². The van der Waals surface area contributed by atoms with Gasteiger partial charge in [0.1, 0.15) is 5.82 Å². The van der Waals surface area contributed by atoms with Crippen LogP contribution in [0.15, 0.2) is 35.7 Å². The largest absolute Gasteiger partial charge is 0.338 e. The minimum Gasteiger partial charge on any atom is -0.338 e. The summed E-state index contributed by atoms with van der Waals surface area (Å²) in [5, 5.41) is 4.18. The zero-order valence-electron chi connectivity index (χ0n) is 14.0. The Morgan fingerprint density at radius 3 is 2.88 bits per heavy atom. The smallest absolute Gasteiger partial charge is 0.278 e. The van der Waals surface area contributed by atoms with Crippen LogP contribution in [0.3, 0.4) is 0 Å². The molecule has 2 heterocycles. The highest BCUT2D eigenvalue weighted by Crippen LogP contribution is 2.37. The van der Waals surface area contributed by atoms with E-state index < -0.39 is 0 Å². The topological polar surface area (TPSA) is 36.9 Å². The van der Waals surface area contributed by atoms with Crippen LogP contribution in [0, 0.1) is 5.82 Å². The predicted molar refractivity (Wildman–Crippen MR) is 94.5 cm³/mol. The monoisotopic (exact) mass is 347 g/mol. The summed E-state index contributed by atoms with van der Waals surface area (Å²) in [4.78, 5) is 16.1. The van der Waals surface area contributed by atoms with Crippen LogP contribution in [-0.2, 0) is 11.2 Å². The molecule has 0 saturated carbocycles. The summed E-state index contributed by atoms with van der Waals surface area (Å²) < 4.78 is 13.3. The first-order valence-corrected chi connectivity index (χ1v) is 9.51. The van der Waals surface area contributed by atoms with Gasteiger partial charge in [0.15, 0.2) is 6.54 Å². The van der Waals surface area contributed by atoms with Crippen molar-refractivity contribution < 1.29 is 14.5 Å². The van der Waals surface area contributed by atoms with Crippen LogP contribution in [0.25, 0.3) is 0 Å². The zero-order valence-corrected chi connectivity index (χ0v) is 14.8. The molecular formula is C19H24FN2OS+. The fourth-order valence-corrected chi connectivity index (χ4v) is 4.18. The molecule has 3 nitrogen and oxygen atoms in total. The van der Waals surface area contributed by atoms with Crippen molar-refractivity contribution in [3.63, 3.8) is 0 Å². The van der Waals surface area contributed by atoms with E-state index in [4.69, 9.17) is 0 Å². The number of hydrogen-bond donors (Lipinski definition) is 1. The molecule has 2 N–H and O–H groups in total. The maximum atomic E-state index is 13.3. The molecule has 1 atom stereocenters. The minimum atomic E-state index is -0.245. The molecule has 0 fully saturated rings. The fourth-order valence-electron chi connectivity index (χ4n) is 3.28. The second-order valence-electron chi connectivity index (χ2n) is 6.23. The molecule has 0 spiro atoms. The van der Waals surface area contributed by atoms with Crippen molar-refractivity contribution in [2.75, 3.05) is 19.6 Å². The van der Waals surface area contributed by atoms with E-state index in [9.17, 15) is 9.18 Å². The molecule has 2 aromatic rings. The molecule has 1 aliphatic rings. The number of rotatable bonds is 6. The number of benzene rings is 1. The Hall–Kier alpha value is -1.72. The molecule has 0 aliphatic carbocycles. The van der Waals surface area contributed by atoms with Crippen molar-refractivity contribution in [2.24, 2.45) is 0 Å². The molecule has 128 valence electrons. The first kappa shape index (κ1) is 17.1. The van der Waals surface area contributed by atoms with Gasteiger partial charge in [-0.05, 0) is 47.5 Å². The Labute approximate surface area is 146 Å². The average molecular weight is 347 g/mol. The molecule has 1 aromatic carbocycles. The Morgan fingerprint density at radius 2 is 2.12 bits per heavy atom. The van der Waals surface area contributed by atoms with Gasteiger partial charge in [-0.1, -0.05) is 25.5 Å². The molecule has 24 heavy (non-hydrogen) atoms. The van der Waals surface area contributed by atoms with Crippen molar-refractivity contribution in [2.45, 2.75) is 32.2 Å². The summed E-state index contributed by atoms with van der Waals surface area (Å²) in [5.74, 6) is -0.0804. The number of nitrogens with zero attached hydrogens (tertiary/aromatic N) is 1. The van der Waals surface area contributed by atoms with Gasteiger partial charge in [-0.2, -0.15) is 0 Å². The van der Waals surface area contributed by atoms with Gasteiger partial charge >= 0.3 is 0 Å². The number of amides is 1. The van der Waals surface area contributed by atoms with E-state index in [1.807, 2.05) is 4.90 Å². The summed E-state index contributed by atoms with van der Waals surface area (Å²) in [7, 11) is 0. The van der Waals surface area contributed by atoms with Crippen LogP contribution in [0.4, 0.5) is 4.39 Å². The number of quaternary nitrogens is 1. The minimum absolute atomic E-state index is 0.0901.